The molecule has 1 saturated carbocycles. The van der Waals surface area contributed by atoms with E-state index in [2.05, 4.69) is 17.1 Å². The van der Waals surface area contributed by atoms with Crippen LogP contribution in [0.4, 0.5) is 0 Å². The van der Waals surface area contributed by atoms with Crippen molar-refractivity contribution in [3.8, 4) is 0 Å². The summed E-state index contributed by atoms with van der Waals surface area (Å²) in [7, 11) is 0. The fraction of sp³-hybridized carbons (Fsp3) is 0.923. The van der Waals surface area contributed by atoms with Crippen molar-refractivity contribution in [2.75, 3.05) is 26.2 Å². The predicted molar refractivity (Wildman–Crippen MR) is 68.6 cm³/mol. The van der Waals surface area contributed by atoms with Crippen LogP contribution in [0.25, 0.3) is 0 Å². The van der Waals surface area contributed by atoms with E-state index in [1.54, 1.807) is 0 Å². The van der Waals surface area contributed by atoms with Gasteiger partial charge < -0.3 is 11.1 Å². The van der Waals surface area contributed by atoms with Crippen molar-refractivity contribution < 1.29 is 4.79 Å². The van der Waals surface area contributed by atoms with Gasteiger partial charge in [-0.15, -0.1) is 0 Å². The van der Waals surface area contributed by atoms with E-state index in [1.807, 2.05) is 0 Å². The molecule has 0 aromatic rings. The lowest BCUT2D eigenvalue weighted by molar-refractivity contribution is -0.130. The molecule has 0 spiro atoms. The maximum Gasteiger partial charge on any atom is 0.237 e. The Morgan fingerprint density at radius 1 is 1.47 bits per heavy atom. The standard InChI is InChI=1S/C13H25N3O/c1-2-11-4-5-13(10-11,12(14)17)16-8-3-6-15-7-9-16/h11,15H,2-10H2,1H3,(H2,14,17). The fourth-order valence-corrected chi connectivity index (χ4v) is 3.41. The lowest BCUT2D eigenvalue weighted by Crippen LogP contribution is -2.57. The molecule has 2 fully saturated rings. The van der Waals surface area contributed by atoms with Crippen LogP contribution < -0.4 is 11.1 Å². The van der Waals surface area contributed by atoms with E-state index in [9.17, 15) is 4.79 Å². The molecule has 98 valence electrons. The zero-order valence-electron chi connectivity index (χ0n) is 10.9. The minimum Gasteiger partial charge on any atom is -0.368 e. The normalized spacial score (nSPS) is 35.7. The van der Waals surface area contributed by atoms with Gasteiger partial charge in [-0.25, -0.2) is 0 Å². The van der Waals surface area contributed by atoms with Crippen LogP contribution in [0.5, 0.6) is 0 Å². The summed E-state index contributed by atoms with van der Waals surface area (Å²) >= 11 is 0. The van der Waals surface area contributed by atoms with Crippen molar-refractivity contribution in [3.63, 3.8) is 0 Å². The summed E-state index contributed by atoms with van der Waals surface area (Å²) in [5, 5.41) is 3.39. The Labute approximate surface area is 104 Å². The zero-order valence-corrected chi connectivity index (χ0v) is 10.9. The number of amides is 1. The Kier molecular flexibility index (Phi) is 4.05. The molecule has 1 heterocycles. The first-order valence-corrected chi connectivity index (χ1v) is 6.94. The third-order valence-electron chi connectivity index (χ3n) is 4.57. The van der Waals surface area contributed by atoms with Gasteiger partial charge in [0, 0.05) is 19.6 Å². The molecule has 2 atom stereocenters. The number of carbonyl (C=O) groups is 1. The van der Waals surface area contributed by atoms with Crippen LogP contribution in [0.1, 0.15) is 39.0 Å². The Morgan fingerprint density at radius 2 is 2.29 bits per heavy atom. The Morgan fingerprint density at radius 3 is 2.94 bits per heavy atom. The highest BCUT2D eigenvalue weighted by Crippen LogP contribution is 2.40. The van der Waals surface area contributed by atoms with Crippen LogP contribution in [-0.4, -0.2) is 42.5 Å². The first-order valence-electron chi connectivity index (χ1n) is 6.94. The molecule has 1 amide bonds. The minimum absolute atomic E-state index is 0.102. The van der Waals surface area contributed by atoms with Crippen LogP contribution in [0.3, 0.4) is 0 Å². The van der Waals surface area contributed by atoms with Crippen LogP contribution in [0.2, 0.25) is 0 Å². The average molecular weight is 239 g/mol. The molecule has 1 aliphatic carbocycles. The quantitative estimate of drug-likeness (QED) is 0.763. The maximum absolute atomic E-state index is 12.0. The lowest BCUT2D eigenvalue weighted by atomic mass is 9.91. The first-order chi connectivity index (χ1) is 8.19. The second-order valence-electron chi connectivity index (χ2n) is 5.50. The Hall–Kier alpha value is -0.610. The lowest BCUT2D eigenvalue weighted by Gasteiger charge is -2.38. The smallest absolute Gasteiger partial charge is 0.237 e. The summed E-state index contributed by atoms with van der Waals surface area (Å²) in [6.07, 6.45) is 5.37. The third-order valence-corrected chi connectivity index (χ3v) is 4.57. The van der Waals surface area contributed by atoms with Crippen molar-refractivity contribution in [1.29, 1.82) is 0 Å². The van der Waals surface area contributed by atoms with Crippen molar-refractivity contribution in [1.82, 2.24) is 10.2 Å². The number of hydrogen-bond acceptors (Lipinski definition) is 3. The predicted octanol–water partition coefficient (Wildman–Crippen LogP) is 0.716. The SMILES string of the molecule is CCC1CCC(C(N)=O)(N2CCCNCC2)C1. The minimum atomic E-state index is -0.341. The average Bonchev–Trinajstić information content (AvgIpc) is 2.58. The maximum atomic E-state index is 12.0. The van der Waals surface area contributed by atoms with Crippen molar-refractivity contribution in [2.24, 2.45) is 11.7 Å². The van der Waals surface area contributed by atoms with E-state index in [0.717, 1.165) is 51.9 Å². The molecule has 1 saturated heterocycles. The van der Waals surface area contributed by atoms with E-state index in [1.165, 1.54) is 6.42 Å². The second kappa shape index (κ2) is 5.36. The number of hydrogen-bond donors (Lipinski definition) is 2. The van der Waals surface area contributed by atoms with Gasteiger partial charge in [-0.05, 0) is 38.1 Å². The van der Waals surface area contributed by atoms with Gasteiger partial charge in [0.25, 0.3) is 0 Å². The van der Waals surface area contributed by atoms with Gasteiger partial charge in [-0.2, -0.15) is 0 Å². The van der Waals surface area contributed by atoms with Gasteiger partial charge in [0.2, 0.25) is 5.91 Å². The first kappa shape index (κ1) is 12.8. The molecule has 0 bridgehead atoms. The Balaban J connectivity index is 2.13. The summed E-state index contributed by atoms with van der Waals surface area (Å²) in [5.74, 6) is 0.578. The molecule has 2 aliphatic rings. The molecule has 3 N–H and O–H groups in total. The summed E-state index contributed by atoms with van der Waals surface area (Å²) in [6, 6.07) is 0. The summed E-state index contributed by atoms with van der Waals surface area (Å²) < 4.78 is 0. The second-order valence-corrected chi connectivity index (χ2v) is 5.50. The van der Waals surface area contributed by atoms with Crippen molar-refractivity contribution >= 4 is 5.91 Å². The van der Waals surface area contributed by atoms with Crippen molar-refractivity contribution in [2.45, 2.75) is 44.6 Å². The van der Waals surface area contributed by atoms with E-state index < -0.39 is 0 Å². The van der Waals surface area contributed by atoms with Gasteiger partial charge in [-0.1, -0.05) is 13.3 Å². The molecule has 17 heavy (non-hydrogen) atoms. The van der Waals surface area contributed by atoms with Crippen LogP contribution in [0.15, 0.2) is 0 Å². The van der Waals surface area contributed by atoms with E-state index in [0.29, 0.717) is 5.92 Å². The Bertz CT molecular complexity index is 274. The molecular formula is C13H25N3O. The number of carbonyl (C=O) groups excluding carboxylic acids is 1. The molecular weight excluding hydrogens is 214 g/mol. The number of nitrogens with zero attached hydrogens (tertiary/aromatic N) is 1. The topological polar surface area (TPSA) is 58.4 Å². The van der Waals surface area contributed by atoms with Crippen LogP contribution >= 0.6 is 0 Å². The largest absolute Gasteiger partial charge is 0.368 e. The number of primary amides is 1. The number of nitrogens with two attached hydrogens (primary N) is 1. The molecule has 4 nitrogen and oxygen atoms in total. The fourth-order valence-electron chi connectivity index (χ4n) is 3.41. The number of nitrogens with one attached hydrogen (secondary N) is 1. The monoisotopic (exact) mass is 239 g/mol. The molecule has 0 radical (unpaired) electrons. The van der Waals surface area contributed by atoms with E-state index >= 15 is 0 Å². The molecule has 0 aromatic heterocycles. The van der Waals surface area contributed by atoms with Gasteiger partial charge in [-0.3, -0.25) is 9.69 Å². The highest BCUT2D eigenvalue weighted by atomic mass is 16.1. The van der Waals surface area contributed by atoms with Gasteiger partial charge >= 0.3 is 0 Å². The van der Waals surface area contributed by atoms with Crippen molar-refractivity contribution in [3.05, 3.63) is 0 Å². The van der Waals surface area contributed by atoms with Gasteiger partial charge in [0.15, 0.2) is 0 Å². The van der Waals surface area contributed by atoms with Crippen LogP contribution in [0, 0.1) is 5.92 Å². The third kappa shape index (κ3) is 2.47. The number of rotatable bonds is 3. The van der Waals surface area contributed by atoms with Crippen LogP contribution in [-0.2, 0) is 4.79 Å². The molecule has 0 aromatic carbocycles. The molecule has 1 aliphatic heterocycles. The van der Waals surface area contributed by atoms with Gasteiger partial charge in [0.05, 0.1) is 0 Å². The van der Waals surface area contributed by atoms with E-state index in [-0.39, 0.29) is 11.4 Å². The summed E-state index contributed by atoms with van der Waals surface area (Å²) in [5.41, 5.74) is 5.39. The highest BCUT2D eigenvalue weighted by Gasteiger charge is 2.47. The molecule has 2 unspecified atom stereocenters. The van der Waals surface area contributed by atoms with E-state index in [4.69, 9.17) is 5.73 Å². The van der Waals surface area contributed by atoms with Gasteiger partial charge in [0.1, 0.15) is 5.54 Å². The highest BCUT2D eigenvalue weighted by molar-refractivity contribution is 5.85. The summed E-state index contributed by atoms with van der Waals surface area (Å²) in [6.45, 7) is 6.21. The molecule has 2 rings (SSSR count). The zero-order chi connectivity index (χ0) is 12.3. The molecule has 4 heteroatoms. The summed E-state index contributed by atoms with van der Waals surface area (Å²) in [4.78, 5) is 14.3.